The van der Waals surface area contributed by atoms with Gasteiger partial charge in [-0.15, -0.1) is 0 Å². The lowest BCUT2D eigenvalue weighted by Crippen LogP contribution is -2.34. The lowest BCUT2D eigenvalue weighted by atomic mass is 10.4. The van der Waals surface area contributed by atoms with Crippen molar-refractivity contribution in [1.29, 1.82) is 0 Å². The van der Waals surface area contributed by atoms with Crippen LogP contribution >= 0.6 is 0 Å². The molecule has 0 spiro atoms. The fraction of sp³-hybridized carbons (Fsp3) is 1.00. The van der Waals surface area contributed by atoms with E-state index in [2.05, 4.69) is 12.2 Å². The quantitative estimate of drug-likeness (QED) is 0.603. The first-order valence-electron chi connectivity index (χ1n) is 5.44. The Balaban J connectivity index is 3.36. The molecule has 0 aromatic rings. The van der Waals surface area contributed by atoms with E-state index in [0.717, 1.165) is 19.4 Å². The minimum absolute atomic E-state index is 0.00484. The molecule has 0 saturated heterocycles. The molecule has 0 aromatic heterocycles. The van der Waals surface area contributed by atoms with Gasteiger partial charge in [-0.1, -0.05) is 13.3 Å². The molecule has 0 radical (unpaired) electrons. The second-order valence-corrected chi connectivity index (χ2v) is 6.10. The van der Waals surface area contributed by atoms with Crippen LogP contribution in [-0.4, -0.2) is 46.2 Å². The molecule has 0 saturated carbocycles. The maximum Gasteiger partial charge on any atom is 0.148 e. The number of unbranched alkanes of at least 4 members (excludes halogenated alkanes) is 1. The summed E-state index contributed by atoms with van der Waals surface area (Å²) in [5.41, 5.74) is 0. The Labute approximate surface area is 93.3 Å². The number of ether oxygens (including phenoxy) is 1. The summed E-state index contributed by atoms with van der Waals surface area (Å²) in [6, 6.07) is -0.00484. The number of hydrogen-bond donors (Lipinski definition) is 1. The van der Waals surface area contributed by atoms with Crippen LogP contribution in [0.25, 0.3) is 0 Å². The lowest BCUT2D eigenvalue weighted by molar-refractivity contribution is 0.131. The first-order chi connectivity index (χ1) is 6.95. The van der Waals surface area contributed by atoms with Gasteiger partial charge >= 0.3 is 0 Å². The van der Waals surface area contributed by atoms with E-state index < -0.39 is 9.84 Å². The van der Waals surface area contributed by atoms with E-state index in [1.54, 1.807) is 0 Å². The number of rotatable bonds is 9. The van der Waals surface area contributed by atoms with E-state index in [1.165, 1.54) is 6.26 Å². The van der Waals surface area contributed by atoms with Gasteiger partial charge in [0.1, 0.15) is 9.84 Å². The van der Waals surface area contributed by atoms with Gasteiger partial charge in [0.15, 0.2) is 0 Å². The number of nitrogens with one attached hydrogen (secondary N) is 1. The van der Waals surface area contributed by atoms with Gasteiger partial charge in [0.05, 0.1) is 12.4 Å². The van der Waals surface area contributed by atoms with Crippen LogP contribution in [0.5, 0.6) is 0 Å². The Morgan fingerprint density at radius 1 is 1.33 bits per heavy atom. The van der Waals surface area contributed by atoms with Crippen molar-refractivity contribution in [3.05, 3.63) is 0 Å². The average Bonchev–Trinajstić information content (AvgIpc) is 2.08. The Kier molecular flexibility index (Phi) is 8.00. The molecule has 92 valence electrons. The van der Waals surface area contributed by atoms with Crippen molar-refractivity contribution < 1.29 is 13.2 Å². The highest BCUT2D eigenvalue weighted by Gasteiger charge is 2.08. The Morgan fingerprint density at radius 3 is 2.53 bits per heavy atom. The molecule has 15 heavy (non-hydrogen) atoms. The summed E-state index contributed by atoms with van der Waals surface area (Å²) in [4.78, 5) is 0. The van der Waals surface area contributed by atoms with Gasteiger partial charge in [0, 0.05) is 25.4 Å². The van der Waals surface area contributed by atoms with Crippen LogP contribution in [0.15, 0.2) is 0 Å². The SMILES string of the molecule is CCCCOCCNC(C)CS(C)(=O)=O. The molecule has 0 bridgehead atoms. The van der Waals surface area contributed by atoms with E-state index in [0.29, 0.717) is 13.2 Å². The van der Waals surface area contributed by atoms with E-state index in [-0.39, 0.29) is 11.8 Å². The predicted molar refractivity (Wildman–Crippen MR) is 62.9 cm³/mol. The van der Waals surface area contributed by atoms with Gasteiger partial charge in [0.2, 0.25) is 0 Å². The van der Waals surface area contributed by atoms with Gasteiger partial charge in [-0.25, -0.2) is 8.42 Å². The van der Waals surface area contributed by atoms with Crippen LogP contribution in [0.4, 0.5) is 0 Å². The zero-order valence-corrected chi connectivity index (χ0v) is 10.8. The highest BCUT2D eigenvalue weighted by molar-refractivity contribution is 7.90. The molecule has 0 aliphatic rings. The maximum atomic E-state index is 10.9. The van der Waals surface area contributed by atoms with Crippen LogP contribution < -0.4 is 5.32 Å². The van der Waals surface area contributed by atoms with Crippen molar-refractivity contribution >= 4 is 9.84 Å². The molecule has 4 nitrogen and oxygen atoms in total. The topological polar surface area (TPSA) is 55.4 Å². The summed E-state index contributed by atoms with van der Waals surface area (Å²) >= 11 is 0. The average molecular weight is 237 g/mol. The minimum atomic E-state index is -2.88. The molecule has 0 aromatic carbocycles. The largest absolute Gasteiger partial charge is 0.380 e. The molecule has 5 heteroatoms. The first kappa shape index (κ1) is 14.9. The van der Waals surface area contributed by atoms with E-state index in [4.69, 9.17) is 4.74 Å². The van der Waals surface area contributed by atoms with E-state index in [9.17, 15) is 8.42 Å². The van der Waals surface area contributed by atoms with Gasteiger partial charge in [-0.05, 0) is 13.3 Å². The van der Waals surface area contributed by atoms with Crippen molar-refractivity contribution in [2.75, 3.05) is 31.8 Å². The molecule has 0 heterocycles. The molecule has 1 unspecified atom stereocenters. The third-order valence-corrected chi connectivity index (χ3v) is 3.04. The minimum Gasteiger partial charge on any atom is -0.380 e. The van der Waals surface area contributed by atoms with Crippen molar-refractivity contribution in [3.63, 3.8) is 0 Å². The zero-order chi connectivity index (χ0) is 11.7. The van der Waals surface area contributed by atoms with Crippen molar-refractivity contribution in [2.45, 2.75) is 32.7 Å². The van der Waals surface area contributed by atoms with Crippen LogP contribution in [0.2, 0.25) is 0 Å². The van der Waals surface area contributed by atoms with Crippen LogP contribution in [0.3, 0.4) is 0 Å². The molecule has 0 amide bonds. The molecule has 0 fully saturated rings. The summed E-state index contributed by atoms with van der Waals surface area (Å²) < 4.78 is 27.2. The van der Waals surface area contributed by atoms with Crippen molar-refractivity contribution in [3.8, 4) is 0 Å². The monoisotopic (exact) mass is 237 g/mol. The van der Waals surface area contributed by atoms with Gasteiger partial charge in [-0.2, -0.15) is 0 Å². The molecule has 0 aliphatic carbocycles. The van der Waals surface area contributed by atoms with Crippen LogP contribution in [-0.2, 0) is 14.6 Å². The Bertz CT molecular complexity index is 239. The summed E-state index contributed by atoms with van der Waals surface area (Å²) in [6.07, 6.45) is 3.47. The van der Waals surface area contributed by atoms with Crippen LogP contribution in [0, 0.1) is 0 Å². The lowest BCUT2D eigenvalue weighted by Gasteiger charge is -2.12. The highest BCUT2D eigenvalue weighted by Crippen LogP contribution is 1.90. The van der Waals surface area contributed by atoms with E-state index >= 15 is 0 Å². The van der Waals surface area contributed by atoms with Gasteiger partial charge in [-0.3, -0.25) is 0 Å². The third kappa shape index (κ3) is 11.8. The Hall–Kier alpha value is -0.130. The fourth-order valence-electron chi connectivity index (χ4n) is 1.24. The first-order valence-corrected chi connectivity index (χ1v) is 7.50. The zero-order valence-electron chi connectivity index (χ0n) is 9.95. The second kappa shape index (κ2) is 8.07. The Morgan fingerprint density at radius 2 is 2.00 bits per heavy atom. The van der Waals surface area contributed by atoms with Gasteiger partial charge in [0.25, 0.3) is 0 Å². The molecular formula is C10H23NO3S. The normalized spacial score (nSPS) is 14.1. The third-order valence-electron chi connectivity index (χ3n) is 1.93. The fourth-order valence-corrected chi connectivity index (χ4v) is 2.27. The molecular weight excluding hydrogens is 214 g/mol. The van der Waals surface area contributed by atoms with Crippen molar-refractivity contribution in [2.24, 2.45) is 0 Å². The van der Waals surface area contributed by atoms with Crippen molar-refractivity contribution in [1.82, 2.24) is 5.32 Å². The predicted octanol–water partition coefficient (Wildman–Crippen LogP) is 0.826. The number of hydrogen-bond acceptors (Lipinski definition) is 4. The van der Waals surface area contributed by atoms with Crippen LogP contribution in [0.1, 0.15) is 26.7 Å². The molecule has 0 aliphatic heterocycles. The molecule has 1 N–H and O–H groups in total. The summed E-state index contributed by atoms with van der Waals surface area (Å²) in [5, 5.41) is 3.11. The standard InChI is InChI=1S/C10H23NO3S/c1-4-5-7-14-8-6-11-10(2)9-15(3,12)13/h10-11H,4-9H2,1-3H3. The molecule has 1 atom stereocenters. The summed E-state index contributed by atoms with van der Waals surface area (Å²) in [6.45, 7) is 6.13. The second-order valence-electron chi connectivity index (χ2n) is 3.91. The van der Waals surface area contributed by atoms with E-state index in [1.807, 2.05) is 6.92 Å². The summed E-state index contributed by atoms with van der Waals surface area (Å²) in [5.74, 6) is 0.182. The number of sulfone groups is 1. The smallest absolute Gasteiger partial charge is 0.148 e. The van der Waals surface area contributed by atoms with Gasteiger partial charge < -0.3 is 10.1 Å². The highest BCUT2D eigenvalue weighted by atomic mass is 32.2. The molecule has 0 rings (SSSR count). The maximum absolute atomic E-state index is 10.9. The summed E-state index contributed by atoms with van der Waals surface area (Å²) in [7, 11) is -2.88.